The SMILES string of the molecule is c1cc2cc(OC[C@@H]3CCCN3)ccc2s1. The largest absolute Gasteiger partial charge is 0.492 e. The lowest BCUT2D eigenvalue weighted by Gasteiger charge is -2.11. The standard InChI is InChI=1S/C13H15NOS/c1-2-11(14-6-1)9-15-12-3-4-13-10(8-12)5-7-16-13/h3-5,7-8,11,14H,1-2,6,9H2/t11-/m0/s1. The first-order valence-corrected chi connectivity index (χ1v) is 6.63. The number of fused-ring (bicyclic) bond motifs is 1. The first-order valence-electron chi connectivity index (χ1n) is 5.75. The van der Waals surface area contributed by atoms with Crippen LogP contribution in [0, 0.1) is 0 Å². The van der Waals surface area contributed by atoms with Crippen molar-refractivity contribution < 1.29 is 4.74 Å². The third-order valence-electron chi connectivity index (χ3n) is 3.04. The number of hydrogen-bond donors (Lipinski definition) is 1. The van der Waals surface area contributed by atoms with Gasteiger partial charge in [0.25, 0.3) is 0 Å². The van der Waals surface area contributed by atoms with Crippen LogP contribution in [0.25, 0.3) is 10.1 Å². The molecular weight excluding hydrogens is 218 g/mol. The summed E-state index contributed by atoms with van der Waals surface area (Å²) in [5.41, 5.74) is 0. The van der Waals surface area contributed by atoms with Gasteiger partial charge in [-0.15, -0.1) is 11.3 Å². The fraction of sp³-hybridized carbons (Fsp3) is 0.385. The minimum atomic E-state index is 0.540. The molecule has 1 fully saturated rings. The maximum absolute atomic E-state index is 5.81. The van der Waals surface area contributed by atoms with Crippen molar-refractivity contribution >= 4 is 21.4 Å². The molecule has 1 aliphatic rings. The molecule has 1 aromatic carbocycles. The van der Waals surface area contributed by atoms with Gasteiger partial charge in [0.15, 0.2) is 0 Å². The van der Waals surface area contributed by atoms with Crippen LogP contribution in [0.4, 0.5) is 0 Å². The minimum absolute atomic E-state index is 0.540. The third-order valence-corrected chi connectivity index (χ3v) is 3.94. The number of hydrogen-bond acceptors (Lipinski definition) is 3. The highest BCUT2D eigenvalue weighted by Crippen LogP contribution is 2.25. The Morgan fingerprint density at radius 2 is 2.38 bits per heavy atom. The molecule has 0 aliphatic carbocycles. The monoisotopic (exact) mass is 233 g/mol. The molecule has 0 radical (unpaired) electrons. The highest BCUT2D eigenvalue weighted by molar-refractivity contribution is 7.17. The molecule has 1 aromatic heterocycles. The van der Waals surface area contributed by atoms with Gasteiger partial charge in [0.1, 0.15) is 12.4 Å². The highest BCUT2D eigenvalue weighted by atomic mass is 32.1. The van der Waals surface area contributed by atoms with Gasteiger partial charge in [-0.3, -0.25) is 0 Å². The van der Waals surface area contributed by atoms with Gasteiger partial charge in [0.05, 0.1) is 0 Å². The summed E-state index contributed by atoms with van der Waals surface area (Å²) >= 11 is 1.77. The molecule has 2 aromatic rings. The molecule has 16 heavy (non-hydrogen) atoms. The average Bonchev–Trinajstić information content (AvgIpc) is 2.97. The lowest BCUT2D eigenvalue weighted by Crippen LogP contribution is -2.28. The first-order chi connectivity index (χ1) is 7.92. The van der Waals surface area contributed by atoms with E-state index in [1.165, 1.54) is 22.9 Å². The van der Waals surface area contributed by atoms with Crippen LogP contribution in [0.5, 0.6) is 5.75 Å². The smallest absolute Gasteiger partial charge is 0.120 e. The van der Waals surface area contributed by atoms with Crippen LogP contribution >= 0.6 is 11.3 Å². The van der Waals surface area contributed by atoms with Gasteiger partial charge in [0, 0.05) is 10.7 Å². The Kier molecular flexibility index (Phi) is 2.80. The van der Waals surface area contributed by atoms with Crippen molar-refractivity contribution in [3.63, 3.8) is 0 Å². The highest BCUT2D eigenvalue weighted by Gasteiger charge is 2.14. The lowest BCUT2D eigenvalue weighted by atomic mass is 10.2. The summed E-state index contributed by atoms with van der Waals surface area (Å²) in [6.07, 6.45) is 2.51. The molecular formula is C13H15NOS. The van der Waals surface area contributed by atoms with Gasteiger partial charge in [-0.2, -0.15) is 0 Å². The molecule has 3 rings (SSSR count). The summed E-state index contributed by atoms with van der Waals surface area (Å²) in [7, 11) is 0. The van der Waals surface area contributed by atoms with Crippen molar-refractivity contribution in [1.82, 2.24) is 5.32 Å². The average molecular weight is 233 g/mol. The zero-order valence-corrected chi connectivity index (χ0v) is 9.93. The summed E-state index contributed by atoms with van der Waals surface area (Å²) in [4.78, 5) is 0. The van der Waals surface area contributed by atoms with Crippen molar-refractivity contribution in [2.75, 3.05) is 13.2 Å². The predicted octanol–water partition coefficient (Wildman–Crippen LogP) is 3.03. The van der Waals surface area contributed by atoms with E-state index in [1.54, 1.807) is 11.3 Å². The van der Waals surface area contributed by atoms with E-state index in [4.69, 9.17) is 4.74 Å². The summed E-state index contributed by atoms with van der Waals surface area (Å²) in [6.45, 7) is 1.92. The third kappa shape index (κ3) is 2.06. The summed E-state index contributed by atoms with van der Waals surface area (Å²) < 4.78 is 7.13. The van der Waals surface area contributed by atoms with Crippen molar-refractivity contribution in [3.05, 3.63) is 29.6 Å². The summed E-state index contributed by atoms with van der Waals surface area (Å²) in [6, 6.07) is 9.00. The predicted molar refractivity (Wildman–Crippen MR) is 68.3 cm³/mol. The van der Waals surface area contributed by atoms with E-state index in [0.29, 0.717) is 6.04 Å². The van der Waals surface area contributed by atoms with Gasteiger partial charge >= 0.3 is 0 Å². The number of nitrogens with one attached hydrogen (secondary N) is 1. The Bertz CT molecular complexity index is 473. The first kappa shape index (κ1) is 10.1. The van der Waals surface area contributed by atoms with Crippen LogP contribution in [0.3, 0.4) is 0 Å². The molecule has 2 heterocycles. The Labute approximate surface area is 99.2 Å². The van der Waals surface area contributed by atoms with Gasteiger partial charge in [-0.1, -0.05) is 0 Å². The van der Waals surface area contributed by atoms with Crippen LogP contribution in [0.15, 0.2) is 29.6 Å². The molecule has 1 atom stereocenters. The van der Waals surface area contributed by atoms with Gasteiger partial charge in [-0.25, -0.2) is 0 Å². The van der Waals surface area contributed by atoms with Crippen LogP contribution in [0.2, 0.25) is 0 Å². The summed E-state index contributed by atoms with van der Waals surface area (Å²) in [5.74, 6) is 0.986. The molecule has 1 saturated heterocycles. The second kappa shape index (κ2) is 4.44. The van der Waals surface area contributed by atoms with Crippen molar-refractivity contribution in [1.29, 1.82) is 0 Å². The maximum Gasteiger partial charge on any atom is 0.120 e. The summed E-state index contributed by atoms with van der Waals surface area (Å²) in [5, 5.41) is 6.83. The van der Waals surface area contributed by atoms with Crippen molar-refractivity contribution in [2.45, 2.75) is 18.9 Å². The number of rotatable bonds is 3. The van der Waals surface area contributed by atoms with Gasteiger partial charge in [-0.05, 0) is 54.4 Å². The molecule has 0 unspecified atom stereocenters. The topological polar surface area (TPSA) is 21.3 Å². The zero-order valence-electron chi connectivity index (χ0n) is 9.11. The van der Waals surface area contributed by atoms with E-state index in [0.717, 1.165) is 18.9 Å². The Balaban J connectivity index is 1.68. The molecule has 0 bridgehead atoms. The number of ether oxygens (including phenoxy) is 1. The molecule has 0 spiro atoms. The van der Waals surface area contributed by atoms with Crippen LogP contribution < -0.4 is 10.1 Å². The van der Waals surface area contributed by atoms with E-state index >= 15 is 0 Å². The number of thiophene rings is 1. The zero-order chi connectivity index (χ0) is 10.8. The quantitative estimate of drug-likeness (QED) is 0.880. The van der Waals surface area contributed by atoms with Gasteiger partial charge in [0.2, 0.25) is 0 Å². The molecule has 84 valence electrons. The van der Waals surface area contributed by atoms with E-state index in [9.17, 15) is 0 Å². The second-order valence-corrected chi connectivity index (χ2v) is 5.17. The normalized spacial score (nSPS) is 20.4. The van der Waals surface area contributed by atoms with Crippen LogP contribution in [-0.2, 0) is 0 Å². The van der Waals surface area contributed by atoms with Gasteiger partial charge < -0.3 is 10.1 Å². The second-order valence-electron chi connectivity index (χ2n) is 4.22. The Hall–Kier alpha value is -1.06. The van der Waals surface area contributed by atoms with E-state index < -0.39 is 0 Å². The van der Waals surface area contributed by atoms with Crippen LogP contribution in [-0.4, -0.2) is 19.2 Å². The van der Waals surface area contributed by atoms with E-state index in [2.05, 4.69) is 35.0 Å². The molecule has 0 saturated carbocycles. The molecule has 1 aliphatic heterocycles. The number of benzene rings is 1. The Morgan fingerprint density at radius 1 is 1.38 bits per heavy atom. The molecule has 0 amide bonds. The Morgan fingerprint density at radius 3 is 3.25 bits per heavy atom. The lowest BCUT2D eigenvalue weighted by molar-refractivity contribution is 0.277. The molecule has 1 N–H and O–H groups in total. The van der Waals surface area contributed by atoms with E-state index in [-0.39, 0.29) is 0 Å². The minimum Gasteiger partial charge on any atom is -0.492 e. The van der Waals surface area contributed by atoms with Crippen molar-refractivity contribution in [3.8, 4) is 5.75 Å². The van der Waals surface area contributed by atoms with Crippen molar-refractivity contribution in [2.24, 2.45) is 0 Å². The molecule has 2 nitrogen and oxygen atoms in total. The fourth-order valence-corrected chi connectivity index (χ4v) is 2.90. The van der Waals surface area contributed by atoms with Crippen LogP contribution in [0.1, 0.15) is 12.8 Å². The molecule has 3 heteroatoms. The fourth-order valence-electron chi connectivity index (χ4n) is 2.13. The maximum atomic E-state index is 5.81. The van der Waals surface area contributed by atoms with E-state index in [1.807, 2.05) is 0 Å².